The Morgan fingerprint density at radius 2 is 1.65 bits per heavy atom. The predicted molar refractivity (Wildman–Crippen MR) is 119 cm³/mol. The van der Waals surface area contributed by atoms with Crippen molar-refractivity contribution >= 4 is 21.6 Å². The zero-order valence-electron chi connectivity index (χ0n) is 17.2. The van der Waals surface area contributed by atoms with Gasteiger partial charge in [-0.3, -0.25) is 9.52 Å². The molecule has 1 amide bonds. The number of rotatable bonds is 9. The van der Waals surface area contributed by atoms with Crippen LogP contribution in [0.25, 0.3) is 0 Å². The summed E-state index contributed by atoms with van der Waals surface area (Å²) in [6.07, 6.45) is 0. The van der Waals surface area contributed by atoms with E-state index in [1.54, 1.807) is 30.3 Å². The number of ether oxygens (including phenoxy) is 2. The fraction of sp³-hybridized carbons (Fsp3) is 0.174. The Kier molecular flexibility index (Phi) is 7.15. The van der Waals surface area contributed by atoms with E-state index >= 15 is 0 Å². The number of hydrogen-bond donors (Lipinski definition) is 2. The number of anilines is 1. The number of benzene rings is 3. The van der Waals surface area contributed by atoms with Crippen molar-refractivity contribution in [2.75, 3.05) is 18.4 Å². The summed E-state index contributed by atoms with van der Waals surface area (Å²) in [5.41, 5.74) is 0.623. The highest BCUT2D eigenvalue weighted by Gasteiger charge is 2.16. The smallest absolute Gasteiger partial charge is 0.261 e. The molecule has 1 atom stereocenters. The minimum absolute atomic E-state index is 0.0924. The lowest BCUT2D eigenvalue weighted by molar-refractivity contribution is 0.0926. The second-order valence-corrected chi connectivity index (χ2v) is 8.54. The third kappa shape index (κ3) is 6.23. The fourth-order valence-corrected chi connectivity index (χ4v) is 3.83. The molecule has 0 saturated carbocycles. The van der Waals surface area contributed by atoms with Gasteiger partial charge >= 0.3 is 0 Å². The third-order valence-corrected chi connectivity index (χ3v) is 5.76. The first-order valence-corrected chi connectivity index (χ1v) is 11.1. The maximum Gasteiger partial charge on any atom is 0.261 e. The summed E-state index contributed by atoms with van der Waals surface area (Å²) in [5.74, 6) is 0.955. The summed E-state index contributed by atoms with van der Waals surface area (Å²) in [7, 11) is -2.29. The van der Waals surface area contributed by atoms with Crippen molar-refractivity contribution in [1.29, 1.82) is 0 Å². The highest BCUT2D eigenvalue weighted by Crippen LogP contribution is 2.20. The molecule has 0 aliphatic rings. The van der Waals surface area contributed by atoms with E-state index in [4.69, 9.17) is 9.47 Å². The van der Waals surface area contributed by atoms with Crippen LogP contribution in [0, 0.1) is 0 Å². The average molecular weight is 441 g/mol. The van der Waals surface area contributed by atoms with E-state index < -0.39 is 10.0 Å². The fourth-order valence-electron chi connectivity index (χ4n) is 2.78. The van der Waals surface area contributed by atoms with Gasteiger partial charge in [0.2, 0.25) is 0 Å². The molecule has 3 rings (SSSR count). The minimum Gasteiger partial charge on any atom is -0.497 e. The van der Waals surface area contributed by atoms with Gasteiger partial charge in [0.25, 0.3) is 15.9 Å². The van der Waals surface area contributed by atoms with Crippen LogP contribution in [0.3, 0.4) is 0 Å². The predicted octanol–water partition coefficient (Wildman–Crippen LogP) is 3.69. The van der Waals surface area contributed by atoms with Crippen molar-refractivity contribution in [1.82, 2.24) is 5.32 Å². The molecule has 0 aliphatic carbocycles. The highest BCUT2D eigenvalue weighted by atomic mass is 32.2. The Labute approximate surface area is 182 Å². The molecule has 7 nitrogen and oxygen atoms in total. The number of amides is 1. The van der Waals surface area contributed by atoms with E-state index in [1.807, 2.05) is 37.3 Å². The third-order valence-electron chi connectivity index (χ3n) is 4.37. The zero-order valence-corrected chi connectivity index (χ0v) is 18.1. The molecule has 3 aromatic carbocycles. The molecule has 8 heteroatoms. The van der Waals surface area contributed by atoms with E-state index in [0.29, 0.717) is 17.9 Å². The number of sulfonamides is 1. The minimum atomic E-state index is -3.80. The second-order valence-electron chi connectivity index (χ2n) is 6.86. The molecular formula is C23H24N2O5S. The van der Waals surface area contributed by atoms with Gasteiger partial charge in [-0.1, -0.05) is 24.3 Å². The van der Waals surface area contributed by atoms with Crippen molar-refractivity contribution in [2.45, 2.75) is 17.9 Å². The first kappa shape index (κ1) is 22.2. The molecule has 0 saturated heterocycles. The summed E-state index contributed by atoms with van der Waals surface area (Å²) < 4.78 is 38.4. The first-order chi connectivity index (χ1) is 14.9. The maximum absolute atomic E-state index is 12.6. The SMILES string of the molecule is COc1ccc(S(=O)(=O)Nc2cccc(C(=O)NC(C)COc3ccccc3)c2)cc1. The van der Waals surface area contributed by atoms with Gasteiger partial charge in [0.1, 0.15) is 18.1 Å². The summed E-state index contributed by atoms with van der Waals surface area (Å²) in [6.45, 7) is 2.14. The van der Waals surface area contributed by atoms with Crippen LogP contribution >= 0.6 is 0 Å². The second kappa shape index (κ2) is 9.99. The van der Waals surface area contributed by atoms with E-state index in [1.165, 1.54) is 25.3 Å². The van der Waals surface area contributed by atoms with Crippen LogP contribution in [-0.2, 0) is 10.0 Å². The molecule has 2 N–H and O–H groups in total. The molecule has 0 heterocycles. The summed E-state index contributed by atoms with van der Waals surface area (Å²) >= 11 is 0. The largest absolute Gasteiger partial charge is 0.497 e. The van der Waals surface area contributed by atoms with Gasteiger partial charge in [0.15, 0.2) is 0 Å². The van der Waals surface area contributed by atoms with Gasteiger partial charge in [0.05, 0.1) is 18.0 Å². The molecule has 162 valence electrons. The van der Waals surface area contributed by atoms with Gasteiger partial charge in [-0.15, -0.1) is 0 Å². The average Bonchev–Trinajstić information content (AvgIpc) is 2.78. The Bertz CT molecular complexity index is 1120. The number of carbonyl (C=O) groups is 1. The van der Waals surface area contributed by atoms with Crippen LogP contribution in [0.15, 0.2) is 83.8 Å². The Morgan fingerprint density at radius 1 is 0.935 bits per heavy atom. The van der Waals surface area contributed by atoms with Crippen LogP contribution in [0.1, 0.15) is 17.3 Å². The molecule has 0 radical (unpaired) electrons. The molecule has 0 fully saturated rings. The molecule has 0 bridgehead atoms. The highest BCUT2D eigenvalue weighted by molar-refractivity contribution is 7.92. The Hall–Kier alpha value is -3.52. The van der Waals surface area contributed by atoms with Gasteiger partial charge in [-0.2, -0.15) is 0 Å². The number of nitrogens with one attached hydrogen (secondary N) is 2. The van der Waals surface area contributed by atoms with Gasteiger partial charge in [-0.25, -0.2) is 8.42 Å². The molecule has 31 heavy (non-hydrogen) atoms. The molecule has 3 aromatic rings. The summed E-state index contributed by atoms with van der Waals surface area (Å²) in [6, 6.07) is 21.4. The zero-order chi connectivity index (χ0) is 22.3. The van der Waals surface area contributed by atoms with Gasteiger partial charge < -0.3 is 14.8 Å². The molecule has 1 unspecified atom stereocenters. The molecule has 0 aliphatic heterocycles. The lowest BCUT2D eigenvalue weighted by Gasteiger charge is -2.15. The normalized spacial score (nSPS) is 11.9. The van der Waals surface area contributed by atoms with Crippen LogP contribution in [-0.4, -0.2) is 34.1 Å². The van der Waals surface area contributed by atoms with Crippen molar-refractivity contribution < 1.29 is 22.7 Å². The number of para-hydroxylation sites is 1. The van der Waals surface area contributed by atoms with Gasteiger partial charge in [0, 0.05) is 11.3 Å². The summed E-state index contributed by atoms with van der Waals surface area (Å²) in [4.78, 5) is 12.7. The number of carbonyl (C=O) groups excluding carboxylic acids is 1. The summed E-state index contributed by atoms with van der Waals surface area (Å²) in [5, 5.41) is 2.85. The lowest BCUT2D eigenvalue weighted by atomic mass is 10.2. The van der Waals surface area contributed by atoms with E-state index in [9.17, 15) is 13.2 Å². The molecule has 0 spiro atoms. The van der Waals surface area contributed by atoms with E-state index in [2.05, 4.69) is 10.0 Å². The van der Waals surface area contributed by atoms with Crippen LogP contribution in [0.5, 0.6) is 11.5 Å². The van der Waals surface area contributed by atoms with Crippen LogP contribution in [0.2, 0.25) is 0 Å². The standard InChI is InChI=1S/C23H24N2O5S/c1-17(16-30-21-9-4-3-5-10-21)24-23(26)18-7-6-8-19(15-18)25-31(27,28)22-13-11-20(29-2)12-14-22/h3-15,17,25H,16H2,1-2H3,(H,24,26). The number of hydrogen-bond acceptors (Lipinski definition) is 5. The Balaban J connectivity index is 1.62. The monoisotopic (exact) mass is 440 g/mol. The van der Waals surface area contributed by atoms with Crippen molar-refractivity contribution in [3.8, 4) is 11.5 Å². The van der Waals surface area contributed by atoms with Crippen LogP contribution < -0.4 is 19.5 Å². The quantitative estimate of drug-likeness (QED) is 0.529. The lowest BCUT2D eigenvalue weighted by Crippen LogP contribution is -2.36. The first-order valence-electron chi connectivity index (χ1n) is 9.63. The van der Waals surface area contributed by atoms with E-state index in [-0.39, 0.29) is 22.5 Å². The van der Waals surface area contributed by atoms with Crippen molar-refractivity contribution in [3.05, 3.63) is 84.4 Å². The molecular weight excluding hydrogens is 416 g/mol. The van der Waals surface area contributed by atoms with Crippen LogP contribution in [0.4, 0.5) is 5.69 Å². The van der Waals surface area contributed by atoms with Crippen molar-refractivity contribution in [2.24, 2.45) is 0 Å². The Morgan fingerprint density at radius 3 is 2.32 bits per heavy atom. The molecule has 0 aromatic heterocycles. The van der Waals surface area contributed by atoms with Crippen molar-refractivity contribution in [3.63, 3.8) is 0 Å². The van der Waals surface area contributed by atoms with E-state index in [0.717, 1.165) is 5.75 Å². The maximum atomic E-state index is 12.6. The van der Waals surface area contributed by atoms with Gasteiger partial charge in [-0.05, 0) is 61.5 Å². The number of methoxy groups -OCH3 is 1. The topological polar surface area (TPSA) is 93.7 Å².